The number of hydrogen-bond acceptors (Lipinski definition) is 21. The summed E-state index contributed by atoms with van der Waals surface area (Å²) >= 11 is 0. The number of aliphatic hydroxyl groups is 10. The van der Waals surface area contributed by atoms with Crippen LogP contribution in [-0.2, 0) is 33.2 Å². The zero-order valence-corrected chi connectivity index (χ0v) is 29.2. The number of rotatable bonds is 10. The smallest absolute Gasteiger partial charge is 0.302 e. The van der Waals surface area contributed by atoms with Crippen molar-refractivity contribution in [1.29, 1.82) is 0 Å². The number of aliphatic hydroxyl groups excluding tert-OH is 9. The number of phenolic OH excluding ortho intramolecular Hbond substituents is 4. The van der Waals surface area contributed by atoms with E-state index in [-0.39, 0.29) is 28.4 Å². The number of ether oxygens (including phenoxy) is 8. The molecule has 15 atom stereocenters. The normalized spacial score (nSPS) is 37.1. The largest absolute Gasteiger partial charge is 0.571 e. The molecule has 22 nitrogen and oxygen atoms in total. The van der Waals surface area contributed by atoms with Crippen LogP contribution in [0.2, 0.25) is 0 Å². The summed E-state index contributed by atoms with van der Waals surface area (Å²) < 4.78 is 44.0. The first kappa shape index (κ1) is 41.4. The molecule has 0 aromatic heterocycles. The van der Waals surface area contributed by atoms with E-state index in [4.69, 9.17) is 33.2 Å². The molecule has 3 fully saturated rings. The summed E-state index contributed by atoms with van der Waals surface area (Å²) in [7, 11) is 0. The lowest BCUT2D eigenvalue weighted by Crippen LogP contribution is -2.63. The van der Waals surface area contributed by atoms with E-state index in [1.54, 1.807) is 0 Å². The Balaban J connectivity index is 1.40. The van der Waals surface area contributed by atoms with Gasteiger partial charge in [-0.2, -0.15) is 0 Å². The Labute approximate surface area is 315 Å². The van der Waals surface area contributed by atoms with Gasteiger partial charge in [0.25, 0.3) is 11.9 Å². The molecular formula is C34H43O22+. The molecule has 0 amide bonds. The number of phenols is 4. The van der Waals surface area contributed by atoms with Gasteiger partial charge in [-0.1, -0.05) is 0 Å². The monoisotopic (exact) mass is 803 g/mol. The van der Waals surface area contributed by atoms with E-state index >= 15 is 0 Å². The second kappa shape index (κ2) is 16.7. The third kappa shape index (κ3) is 8.24. The summed E-state index contributed by atoms with van der Waals surface area (Å²) in [5, 5.41) is 136. The van der Waals surface area contributed by atoms with Gasteiger partial charge in [0.2, 0.25) is 12.6 Å². The Morgan fingerprint density at radius 1 is 0.768 bits per heavy atom. The highest BCUT2D eigenvalue weighted by Crippen LogP contribution is 2.48. The topological polar surface area (TPSA) is 357 Å². The number of aromatic hydroxyl groups is 5. The van der Waals surface area contributed by atoms with Gasteiger partial charge in [-0.25, -0.2) is 0 Å². The lowest BCUT2D eigenvalue weighted by molar-refractivity contribution is -0.353. The molecule has 0 spiro atoms. The van der Waals surface area contributed by atoms with Crippen LogP contribution in [-0.4, -0.2) is 183 Å². The average Bonchev–Trinajstić information content (AvgIpc) is 3.15. The van der Waals surface area contributed by atoms with Crippen molar-refractivity contribution in [3.63, 3.8) is 0 Å². The summed E-state index contributed by atoms with van der Waals surface area (Å²) in [5.74, 6) is -4.26. The van der Waals surface area contributed by atoms with Crippen molar-refractivity contribution in [2.45, 2.75) is 99.0 Å². The second-order valence-corrected chi connectivity index (χ2v) is 13.5. The van der Waals surface area contributed by atoms with Crippen LogP contribution in [0.15, 0.2) is 30.0 Å². The molecule has 4 aliphatic heterocycles. The lowest BCUT2D eigenvalue weighted by Gasteiger charge is -2.45. The Morgan fingerprint density at radius 3 is 2.07 bits per heavy atom. The number of fused-ring (bicyclic) bond motifs is 1. The Kier molecular flexibility index (Phi) is 12.3. The van der Waals surface area contributed by atoms with Gasteiger partial charge in [-0.3, -0.25) is 4.79 Å². The number of carbonyl (C=O) groups is 1. The molecule has 2 aromatic rings. The van der Waals surface area contributed by atoms with Gasteiger partial charge < -0.3 is 104 Å². The minimum Gasteiger partial charge on any atom is -0.571 e. The van der Waals surface area contributed by atoms with Gasteiger partial charge in [0, 0.05) is 19.1 Å². The summed E-state index contributed by atoms with van der Waals surface area (Å²) in [4.78, 5) is 11.4. The fraction of sp³-hybridized carbons (Fsp3) is 0.559. The molecule has 6 rings (SSSR count). The van der Waals surface area contributed by atoms with Crippen LogP contribution in [0.4, 0.5) is 0 Å². The Hall–Kier alpha value is -4.27. The predicted octanol–water partition coefficient (Wildman–Crippen LogP) is -4.12. The highest BCUT2D eigenvalue weighted by molar-refractivity contribution is 5.70. The third-order valence-electron chi connectivity index (χ3n) is 9.52. The van der Waals surface area contributed by atoms with Gasteiger partial charge >= 0.3 is 5.97 Å². The summed E-state index contributed by atoms with van der Waals surface area (Å²) in [6.45, 7) is -0.804. The molecule has 2 aromatic carbocycles. The number of esters is 1. The van der Waals surface area contributed by atoms with Crippen LogP contribution >= 0.6 is 0 Å². The van der Waals surface area contributed by atoms with Gasteiger partial charge in [-0.15, -0.1) is 0 Å². The van der Waals surface area contributed by atoms with Gasteiger partial charge in [0.05, 0.1) is 24.8 Å². The Bertz CT molecular complexity index is 1730. The van der Waals surface area contributed by atoms with Crippen molar-refractivity contribution in [1.82, 2.24) is 0 Å². The van der Waals surface area contributed by atoms with Crippen LogP contribution in [0, 0.1) is 0 Å². The SMILES string of the molecule is CC(=O)OC[C@H]1O[C@@H](Oc2cc(O)cc3c2C=C(O[C@@H]2O[C@@H](CO)[C@H](O)[C@H](O)[C@@H]2O[C@H]2OC[C@H](O)[C@H](O)[C@H]2O)C(c2cc(O)c(O)c(O)c2)[OH+]3)[C@H](O)[C@@H](O)[C@@H]1O. The average molecular weight is 804 g/mol. The Morgan fingerprint density at radius 2 is 1.41 bits per heavy atom. The molecule has 4 aliphatic rings. The molecule has 310 valence electrons. The van der Waals surface area contributed by atoms with E-state index in [2.05, 4.69) is 4.74 Å². The van der Waals surface area contributed by atoms with Crippen LogP contribution in [0.5, 0.6) is 34.5 Å². The van der Waals surface area contributed by atoms with E-state index in [0.29, 0.717) is 0 Å². The van der Waals surface area contributed by atoms with E-state index in [1.807, 2.05) is 0 Å². The zero-order valence-electron chi connectivity index (χ0n) is 29.2. The van der Waals surface area contributed by atoms with E-state index in [9.17, 15) is 71.2 Å². The lowest BCUT2D eigenvalue weighted by atomic mass is 9.97. The van der Waals surface area contributed by atoms with E-state index < -0.39 is 141 Å². The molecule has 22 heteroatoms. The van der Waals surface area contributed by atoms with Crippen molar-refractivity contribution in [2.75, 3.05) is 19.8 Å². The number of benzene rings is 2. The maximum absolute atomic E-state index is 11.4. The van der Waals surface area contributed by atoms with Crippen LogP contribution in [0.25, 0.3) is 6.08 Å². The number of carbonyl (C=O) groups excluding carboxylic acids is 1. The second-order valence-electron chi connectivity index (χ2n) is 13.5. The predicted molar refractivity (Wildman–Crippen MR) is 177 cm³/mol. The molecule has 4 heterocycles. The quantitative estimate of drug-likeness (QED) is 0.0616. The van der Waals surface area contributed by atoms with Crippen LogP contribution < -0.4 is 4.74 Å². The molecule has 0 saturated carbocycles. The minimum atomic E-state index is -1.93. The van der Waals surface area contributed by atoms with Gasteiger partial charge in [-0.05, 0) is 12.1 Å². The summed E-state index contributed by atoms with van der Waals surface area (Å²) in [6, 6.07) is 4.24. The molecule has 56 heavy (non-hydrogen) atoms. The standard InChI is InChI=1S/C34H42O22/c1-10(36)49-9-21-25(44)26(45)29(48)33(55-21)52-18-5-12(37)4-17-13(18)6-19(30(51-17)11-2-14(38)22(41)15(39)3-11)53-34-31(27(46)24(43)20(7-35)54-34)56-32-28(47)23(42)16(40)8-50-32/h2-6,16,20-21,23-35,37-48H,7-9H2,1H3/p+1/t16-,20-,21+,23-,24-,25+,26-,27-,28+,29+,30?,31-,32+,33+,34+/m0/s1. The molecule has 1 unspecified atom stereocenters. The van der Waals surface area contributed by atoms with Gasteiger partial charge in [0.1, 0.15) is 84.7 Å². The van der Waals surface area contributed by atoms with Crippen LogP contribution in [0.3, 0.4) is 0 Å². The maximum Gasteiger partial charge on any atom is 0.302 e. The van der Waals surface area contributed by atoms with E-state index in [0.717, 1.165) is 31.2 Å². The van der Waals surface area contributed by atoms with Crippen molar-refractivity contribution in [3.05, 3.63) is 41.2 Å². The highest BCUT2D eigenvalue weighted by Gasteiger charge is 2.51. The van der Waals surface area contributed by atoms with Crippen molar-refractivity contribution in [3.8, 4) is 34.5 Å². The first-order chi connectivity index (χ1) is 26.5. The molecule has 14 N–H and O–H groups in total. The molecule has 0 radical (unpaired) electrons. The summed E-state index contributed by atoms with van der Waals surface area (Å²) in [5.41, 5.74) is -0.0716. The first-order valence-electron chi connectivity index (χ1n) is 17.1. The van der Waals surface area contributed by atoms with Crippen molar-refractivity contribution >= 4 is 12.0 Å². The van der Waals surface area contributed by atoms with Crippen LogP contribution in [0.1, 0.15) is 24.2 Å². The van der Waals surface area contributed by atoms with Gasteiger partial charge in [0.15, 0.2) is 35.4 Å². The van der Waals surface area contributed by atoms with Crippen molar-refractivity contribution < 1.29 is 109 Å². The van der Waals surface area contributed by atoms with E-state index in [1.165, 1.54) is 6.08 Å². The highest BCUT2D eigenvalue weighted by atomic mass is 16.8. The fourth-order valence-corrected chi connectivity index (χ4v) is 6.45. The third-order valence-corrected chi connectivity index (χ3v) is 9.52. The molecule has 3 saturated heterocycles. The molecule has 0 bridgehead atoms. The zero-order chi connectivity index (χ0) is 40.7. The molecule has 0 aliphatic carbocycles. The van der Waals surface area contributed by atoms with Crippen molar-refractivity contribution in [2.24, 2.45) is 0 Å². The summed E-state index contributed by atoms with van der Waals surface area (Å²) in [6.07, 6.45) is -24.5. The minimum absolute atomic E-state index is 0.0232. The number of hydrogen-bond donors (Lipinski definition) is 13. The maximum atomic E-state index is 11.4. The molecular weight excluding hydrogens is 760 g/mol. The fourth-order valence-electron chi connectivity index (χ4n) is 6.45. The first-order valence-corrected chi connectivity index (χ1v) is 17.1.